The molecular formula is C48H87NO. The van der Waals surface area contributed by atoms with Gasteiger partial charge in [-0.15, -0.1) is 0 Å². The van der Waals surface area contributed by atoms with Crippen molar-refractivity contribution in [2.24, 2.45) is 11.8 Å². The largest absolute Gasteiger partial charge is 0.371 e. The van der Waals surface area contributed by atoms with Crippen LogP contribution in [-0.2, 0) is 4.74 Å². The second-order valence-electron chi connectivity index (χ2n) is 16.5. The Morgan fingerprint density at radius 1 is 0.540 bits per heavy atom. The molecule has 50 heavy (non-hydrogen) atoms. The van der Waals surface area contributed by atoms with Crippen LogP contribution in [-0.4, -0.2) is 36.7 Å². The normalized spacial score (nSPS) is 21.6. The van der Waals surface area contributed by atoms with Crippen molar-refractivity contribution < 1.29 is 4.74 Å². The SMILES string of the molecule is CCCCCC=CCC=CCCCCCCCCC(CCCCCCCCC=CCC=CCCCCC)(OC1CCCN(C)CC1)C1CC1C. The van der Waals surface area contributed by atoms with Crippen LogP contribution in [0.25, 0.3) is 0 Å². The Balaban J connectivity index is 1.67. The van der Waals surface area contributed by atoms with E-state index in [1.165, 1.54) is 193 Å². The Labute approximate surface area is 314 Å². The average molecular weight is 694 g/mol. The summed E-state index contributed by atoms with van der Waals surface area (Å²) in [5.74, 6) is 1.66. The molecule has 2 nitrogen and oxygen atoms in total. The van der Waals surface area contributed by atoms with Crippen LogP contribution in [0.3, 0.4) is 0 Å². The summed E-state index contributed by atoms with van der Waals surface area (Å²) in [6, 6.07) is 0. The minimum absolute atomic E-state index is 0.150. The van der Waals surface area contributed by atoms with Gasteiger partial charge in [0.25, 0.3) is 0 Å². The van der Waals surface area contributed by atoms with Crippen molar-refractivity contribution in [3.05, 3.63) is 48.6 Å². The molecule has 0 aromatic carbocycles. The Hall–Kier alpha value is -1.12. The van der Waals surface area contributed by atoms with Crippen LogP contribution in [0.4, 0.5) is 0 Å². The number of unbranched alkanes of at least 4 members (excludes halogenated alkanes) is 18. The summed E-state index contributed by atoms with van der Waals surface area (Å²) < 4.78 is 7.40. The van der Waals surface area contributed by atoms with Gasteiger partial charge in [0.15, 0.2) is 0 Å². The van der Waals surface area contributed by atoms with Gasteiger partial charge in [-0.2, -0.15) is 0 Å². The third-order valence-electron chi connectivity index (χ3n) is 11.7. The fourth-order valence-corrected chi connectivity index (χ4v) is 8.24. The lowest BCUT2D eigenvalue weighted by atomic mass is 9.83. The third-order valence-corrected chi connectivity index (χ3v) is 11.7. The van der Waals surface area contributed by atoms with E-state index < -0.39 is 0 Å². The second-order valence-corrected chi connectivity index (χ2v) is 16.5. The van der Waals surface area contributed by atoms with E-state index in [1.807, 2.05) is 0 Å². The second kappa shape index (κ2) is 31.4. The van der Waals surface area contributed by atoms with Gasteiger partial charge in [0.05, 0.1) is 11.7 Å². The summed E-state index contributed by atoms with van der Waals surface area (Å²) in [4.78, 5) is 2.52. The highest BCUT2D eigenvalue weighted by atomic mass is 16.5. The van der Waals surface area contributed by atoms with Crippen molar-refractivity contribution in [2.45, 2.75) is 225 Å². The number of rotatable bonds is 33. The minimum Gasteiger partial charge on any atom is -0.371 e. The number of hydrogen-bond acceptors (Lipinski definition) is 2. The average Bonchev–Trinajstić information content (AvgIpc) is 3.90. The van der Waals surface area contributed by atoms with Crippen LogP contribution < -0.4 is 0 Å². The van der Waals surface area contributed by atoms with E-state index in [-0.39, 0.29) is 5.60 Å². The number of allylic oxidation sites excluding steroid dienone is 8. The molecule has 0 spiro atoms. The molecule has 0 bridgehead atoms. The van der Waals surface area contributed by atoms with E-state index in [0.29, 0.717) is 6.10 Å². The van der Waals surface area contributed by atoms with E-state index in [9.17, 15) is 0 Å². The predicted octanol–water partition coefficient (Wildman–Crippen LogP) is 15.3. The van der Waals surface area contributed by atoms with Crippen LogP contribution in [0.2, 0.25) is 0 Å². The summed E-state index contributed by atoms with van der Waals surface area (Å²) in [5, 5.41) is 0. The molecule has 1 aliphatic heterocycles. The molecule has 3 atom stereocenters. The molecule has 2 rings (SSSR count). The molecule has 0 amide bonds. The van der Waals surface area contributed by atoms with Crippen molar-refractivity contribution in [3.63, 3.8) is 0 Å². The molecule has 1 saturated heterocycles. The van der Waals surface area contributed by atoms with E-state index >= 15 is 0 Å². The molecule has 3 unspecified atom stereocenters. The van der Waals surface area contributed by atoms with Crippen LogP contribution in [0.15, 0.2) is 48.6 Å². The number of likely N-dealkylation sites (tertiary alicyclic amines) is 1. The molecule has 0 aromatic rings. The molecule has 0 radical (unpaired) electrons. The first kappa shape index (κ1) is 45.0. The van der Waals surface area contributed by atoms with Crippen LogP contribution >= 0.6 is 0 Å². The quantitative estimate of drug-likeness (QED) is 0.0501. The minimum atomic E-state index is 0.150. The molecular weight excluding hydrogens is 607 g/mol. The van der Waals surface area contributed by atoms with Gasteiger partial charge < -0.3 is 9.64 Å². The topological polar surface area (TPSA) is 12.5 Å². The van der Waals surface area contributed by atoms with Gasteiger partial charge in [-0.1, -0.05) is 159 Å². The highest BCUT2D eigenvalue weighted by molar-refractivity contribution is 5.01. The summed E-state index contributed by atoms with van der Waals surface area (Å²) in [7, 11) is 2.30. The van der Waals surface area contributed by atoms with E-state index in [0.717, 1.165) is 24.7 Å². The summed E-state index contributed by atoms with van der Waals surface area (Å²) in [5.41, 5.74) is 0.150. The summed E-state index contributed by atoms with van der Waals surface area (Å²) in [6.45, 7) is 9.50. The highest BCUT2D eigenvalue weighted by Gasteiger charge is 2.51. The molecule has 0 N–H and O–H groups in total. The fourth-order valence-electron chi connectivity index (χ4n) is 8.24. The molecule has 2 heteroatoms. The maximum Gasteiger partial charge on any atom is 0.0717 e. The summed E-state index contributed by atoms with van der Waals surface area (Å²) >= 11 is 0. The van der Waals surface area contributed by atoms with Crippen molar-refractivity contribution in [1.29, 1.82) is 0 Å². The van der Waals surface area contributed by atoms with Crippen LogP contribution in [0.1, 0.15) is 213 Å². The van der Waals surface area contributed by atoms with E-state index in [4.69, 9.17) is 4.74 Å². The predicted molar refractivity (Wildman–Crippen MR) is 224 cm³/mol. The molecule has 2 fully saturated rings. The zero-order valence-corrected chi connectivity index (χ0v) is 34.3. The van der Waals surface area contributed by atoms with E-state index in [1.54, 1.807) is 0 Å². The van der Waals surface area contributed by atoms with Gasteiger partial charge in [-0.05, 0) is 128 Å². The Kier molecular flexibility index (Phi) is 28.3. The van der Waals surface area contributed by atoms with Gasteiger partial charge >= 0.3 is 0 Å². The van der Waals surface area contributed by atoms with Gasteiger partial charge in [0.2, 0.25) is 0 Å². The standard InChI is InChI=1S/C48H87NO/c1-5-7-9-11-13-15-17-19-21-23-25-27-29-31-33-35-40-48(47-44-45(47)3,50-46-38-37-42-49(4)43-39-46)41-36-34-32-30-28-26-24-22-20-18-16-14-12-10-8-6-2/h13-16,19-22,45-47H,5-12,17-18,23-44H2,1-4H3. The van der Waals surface area contributed by atoms with Gasteiger partial charge in [-0.25, -0.2) is 0 Å². The maximum absolute atomic E-state index is 7.40. The highest BCUT2D eigenvalue weighted by Crippen LogP contribution is 2.53. The van der Waals surface area contributed by atoms with Gasteiger partial charge in [-0.3, -0.25) is 0 Å². The monoisotopic (exact) mass is 694 g/mol. The smallest absolute Gasteiger partial charge is 0.0717 e. The van der Waals surface area contributed by atoms with Crippen molar-refractivity contribution in [3.8, 4) is 0 Å². The molecule has 1 aliphatic carbocycles. The lowest BCUT2D eigenvalue weighted by Crippen LogP contribution is -2.40. The molecule has 290 valence electrons. The fraction of sp³-hybridized carbons (Fsp3) is 0.833. The molecule has 1 saturated carbocycles. The zero-order valence-electron chi connectivity index (χ0n) is 34.3. The first-order chi connectivity index (χ1) is 24.6. The zero-order chi connectivity index (χ0) is 35.8. The van der Waals surface area contributed by atoms with Crippen LogP contribution in [0, 0.1) is 11.8 Å². The molecule has 1 heterocycles. The van der Waals surface area contributed by atoms with Crippen molar-refractivity contribution in [1.82, 2.24) is 4.90 Å². The first-order valence-corrected chi connectivity index (χ1v) is 22.6. The first-order valence-electron chi connectivity index (χ1n) is 22.6. The lowest BCUT2D eigenvalue weighted by molar-refractivity contribution is -0.126. The Morgan fingerprint density at radius 2 is 0.960 bits per heavy atom. The number of ether oxygens (including phenoxy) is 1. The van der Waals surface area contributed by atoms with Gasteiger partial charge in [0, 0.05) is 6.54 Å². The summed E-state index contributed by atoms with van der Waals surface area (Å²) in [6.07, 6.45) is 59.2. The van der Waals surface area contributed by atoms with E-state index in [2.05, 4.69) is 81.3 Å². The lowest BCUT2D eigenvalue weighted by Gasteiger charge is -2.39. The maximum atomic E-state index is 7.40. The Bertz CT molecular complexity index is 821. The van der Waals surface area contributed by atoms with Crippen molar-refractivity contribution >= 4 is 0 Å². The van der Waals surface area contributed by atoms with Crippen LogP contribution in [0.5, 0.6) is 0 Å². The third kappa shape index (κ3) is 23.4. The number of nitrogens with zero attached hydrogens (tertiary/aromatic N) is 1. The Morgan fingerprint density at radius 3 is 1.40 bits per heavy atom. The molecule has 0 aromatic heterocycles. The van der Waals surface area contributed by atoms with Gasteiger partial charge in [0.1, 0.15) is 0 Å². The number of hydrogen-bond donors (Lipinski definition) is 0. The van der Waals surface area contributed by atoms with Crippen molar-refractivity contribution in [2.75, 3.05) is 20.1 Å². The molecule has 2 aliphatic rings.